The van der Waals surface area contributed by atoms with Gasteiger partial charge in [0.1, 0.15) is 0 Å². The van der Waals surface area contributed by atoms with Gasteiger partial charge < -0.3 is 5.32 Å². The smallest absolute Gasteiger partial charge is 0.229 e. The number of sulfonamides is 1. The molecule has 1 aromatic heterocycles. The van der Waals surface area contributed by atoms with Gasteiger partial charge in [-0.3, -0.25) is 4.72 Å². The van der Waals surface area contributed by atoms with Gasteiger partial charge in [-0.25, -0.2) is 8.42 Å². The highest BCUT2D eigenvalue weighted by molar-refractivity contribution is 7.92. The van der Waals surface area contributed by atoms with Crippen LogP contribution in [-0.4, -0.2) is 14.7 Å². The van der Waals surface area contributed by atoms with Crippen molar-refractivity contribution in [2.45, 2.75) is 19.4 Å². The topological polar surface area (TPSA) is 58.2 Å². The van der Waals surface area contributed by atoms with Gasteiger partial charge in [0.25, 0.3) is 0 Å². The predicted octanol–water partition coefficient (Wildman–Crippen LogP) is 3.68. The van der Waals surface area contributed by atoms with Crippen molar-refractivity contribution in [2.75, 3.05) is 16.3 Å². The average Bonchev–Trinajstić information content (AvgIpc) is 2.88. The first-order valence-corrected chi connectivity index (χ1v) is 9.13. The predicted molar refractivity (Wildman–Crippen MR) is 85.9 cm³/mol. The molecule has 0 bridgehead atoms. The summed E-state index contributed by atoms with van der Waals surface area (Å²) < 4.78 is 25.0. The zero-order chi connectivity index (χ0) is 14.6. The third kappa shape index (κ3) is 4.25. The highest BCUT2D eigenvalue weighted by Crippen LogP contribution is 2.27. The molecule has 0 aliphatic carbocycles. The van der Waals surface area contributed by atoms with Crippen LogP contribution in [0.3, 0.4) is 0 Å². The molecule has 0 aliphatic rings. The first kappa shape index (κ1) is 14.9. The summed E-state index contributed by atoms with van der Waals surface area (Å²) in [5, 5.41) is 5.49. The van der Waals surface area contributed by atoms with Crippen molar-refractivity contribution in [3.05, 3.63) is 46.7 Å². The normalized spacial score (nSPS) is 12.9. The Hall–Kier alpha value is -1.53. The van der Waals surface area contributed by atoms with Crippen LogP contribution in [0.1, 0.15) is 24.3 Å². The lowest BCUT2D eigenvalue weighted by atomic mass is 10.1. The Balaban J connectivity index is 2.15. The Morgan fingerprint density at radius 2 is 1.95 bits per heavy atom. The van der Waals surface area contributed by atoms with Crippen LogP contribution in [0, 0.1) is 0 Å². The molecular formula is C14H18N2O2S2. The van der Waals surface area contributed by atoms with Gasteiger partial charge in [0.15, 0.2) is 0 Å². The number of anilines is 2. The zero-order valence-electron chi connectivity index (χ0n) is 11.5. The van der Waals surface area contributed by atoms with Crippen LogP contribution in [0.2, 0.25) is 0 Å². The van der Waals surface area contributed by atoms with E-state index in [1.807, 2.05) is 18.2 Å². The van der Waals surface area contributed by atoms with Crippen molar-refractivity contribution in [3.8, 4) is 0 Å². The van der Waals surface area contributed by atoms with Crippen LogP contribution in [0.25, 0.3) is 0 Å². The fourth-order valence-corrected chi connectivity index (χ4v) is 3.37. The lowest BCUT2D eigenvalue weighted by Gasteiger charge is -2.17. The minimum absolute atomic E-state index is 0.239. The summed E-state index contributed by atoms with van der Waals surface area (Å²) in [6, 6.07) is 11.7. The molecule has 108 valence electrons. The summed E-state index contributed by atoms with van der Waals surface area (Å²) in [6.45, 7) is 2.12. The molecule has 4 nitrogen and oxygen atoms in total. The molecule has 0 spiro atoms. The maximum atomic E-state index is 11.2. The quantitative estimate of drug-likeness (QED) is 0.855. The Morgan fingerprint density at radius 3 is 2.55 bits per heavy atom. The number of benzene rings is 1. The van der Waals surface area contributed by atoms with E-state index in [2.05, 4.69) is 28.4 Å². The van der Waals surface area contributed by atoms with E-state index in [-0.39, 0.29) is 6.04 Å². The standard InChI is InChI=1S/C14H18N2O2S2/c1-3-13(14-8-5-9-19-14)15-11-6-4-7-12(10-11)16-20(2,17)18/h4-10,13,15-16H,3H2,1-2H3. The largest absolute Gasteiger partial charge is 0.377 e. The first-order valence-electron chi connectivity index (χ1n) is 6.35. The summed E-state index contributed by atoms with van der Waals surface area (Å²) in [5.41, 5.74) is 1.47. The van der Waals surface area contributed by atoms with E-state index in [0.29, 0.717) is 5.69 Å². The number of nitrogens with one attached hydrogen (secondary N) is 2. The summed E-state index contributed by atoms with van der Waals surface area (Å²) in [5.74, 6) is 0. The van der Waals surface area contributed by atoms with Crippen molar-refractivity contribution >= 4 is 32.7 Å². The van der Waals surface area contributed by atoms with E-state index < -0.39 is 10.0 Å². The number of hydrogen-bond acceptors (Lipinski definition) is 4. The van der Waals surface area contributed by atoms with Gasteiger partial charge in [0, 0.05) is 10.6 Å². The molecule has 0 amide bonds. The highest BCUT2D eigenvalue weighted by atomic mass is 32.2. The van der Waals surface area contributed by atoms with Gasteiger partial charge in [-0.1, -0.05) is 19.1 Å². The molecule has 6 heteroatoms. The fraction of sp³-hybridized carbons (Fsp3) is 0.286. The highest BCUT2D eigenvalue weighted by Gasteiger charge is 2.10. The van der Waals surface area contributed by atoms with Crippen LogP contribution >= 0.6 is 11.3 Å². The molecule has 2 N–H and O–H groups in total. The maximum Gasteiger partial charge on any atom is 0.229 e. The second-order valence-electron chi connectivity index (χ2n) is 4.58. The molecule has 1 atom stereocenters. The van der Waals surface area contributed by atoms with E-state index in [1.165, 1.54) is 4.88 Å². The van der Waals surface area contributed by atoms with Crippen molar-refractivity contribution in [1.82, 2.24) is 0 Å². The summed E-state index contributed by atoms with van der Waals surface area (Å²) in [4.78, 5) is 1.27. The lowest BCUT2D eigenvalue weighted by Crippen LogP contribution is -2.11. The first-order chi connectivity index (χ1) is 9.48. The molecule has 0 radical (unpaired) electrons. The van der Waals surface area contributed by atoms with Gasteiger partial charge in [-0.05, 0) is 36.1 Å². The van der Waals surface area contributed by atoms with Crippen molar-refractivity contribution in [1.29, 1.82) is 0 Å². The Morgan fingerprint density at radius 1 is 1.20 bits per heavy atom. The third-order valence-electron chi connectivity index (χ3n) is 2.80. The monoisotopic (exact) mass is 310 g/mol. The van der Waals surface area contributed by atoms with E-state index in [4.69, 9.17) is 0 Å². The number of hydrogen-bond donors (Lipinski definition) is 2. The fourth-order valence-electron chi connectivity index (χ4n) is 1.95. The van der Waals surface area contributed by atoms with Gasteiger partial charge in [0.05, 0.1) is 18.0 Å². The minimum Gasteiger partial charge on any atom is -0.377 e. The Bertz CT molecular complexity index is 652. The zero-order valence-corrected chi connectivity index (χ0v) is 13.1. The maximum absolute atomic E-state index is 11.2. The summed E-state index contributed by atoms with van der Waals surface area (Å²) in [7, 11) is -3.25. The molecule has 0 aliphatic heterocycles. The molecular weight excluding hydrogens is 292 g/mol. The van der Waals surface area contributed by atoms with Crippen molar-refractivity contribution in [3.63, 3.8) is 0 Å². The Labute approximate surface area is 123 Å². The molecule has 0 saturated carbocycles. The molecule has 2 aromatic rings. The average molecular weight is 310 g/mol. The van der Waals surface area contributed by atoms with Crippen LogP contribution in [0.15, 0.2) is 41.8 Å². The molecule has 1 aromatic carbocycles. The van der Waals surface area contributed by atoms with Crippen LogP contribution < -0.4 is 10.0 Å². The molecule has 0 fully saturated rings. The Kier molecular flexibility index (Phi) is 4.67. The van der Waals surface area contributed by atoms with Gasteiger partial charge in [-0.15, -0.1) is 11.3 Å². The molecule has 0 saturated heterocycles. The SMILES string of the molecule is CCC(Nc1cccc(NS(C)(=O)=O)c1)c1cccs1. The van der Waals surface area contributed by atoms with Crippen molar-refractivity contribution < 1.29 is 8.42 Å². The third-order valence-corrected chi connectivity index (χ3v) is 4.39. The van der Waals surface area contributed by atoms with Crippen LogP contribution in [-0.2, 0) is 10.0 Å². The molecule has 20 heavy (non-hydrogen) atoms. The van der Waals surface area contributed by atoms with Crippen molar-refractivity contribution in [2.24, 2.45) is 0 Å². The van der Waals surface area contributed by atoms with Gasteiger partial charge >= 0.3 is 0 Å². The van der Waals surface area contributed by atoms with Crippen LogP contribution in [0.5, 0.6) is 0 Å². The van der Waals surface area contributed by atoms with E-state index in [1.54, 1.807) is 23.5 Å². The van der Waals surface area contributed by atoms with Gasteiger partial charge in [0.2, 0.25) is 10.0 Å². The second-order valence-corrected chi connectivity index (χ2v) is 7.30. The van der Waals surface area contributed by atoms with Gasteiger partial charge in [-0.2, -0.15) is 0 Å². The number of thiophene rings is 1. The van der Waals surface area contributed by atoms with E-state index >= 15 is 0 Å². The molecule has 1 unspecified atom stereocenters. The molecule has 2 rings (SSSR count). The number of rotatable bonds is 6. The summed E-state index contributed by atoms with van der Waals surface area (Å²) >= 11 is 1.72. The van der Waals surface area contributed by atoms with Crippen LogP contribution in [0.4, 0.5) is 11.4 Å². The summed E-state index contributed by atoms with van der Waals surface area (Å²) in [6.07, 6.45) is 2.11. The van der Waals surface area contributed by atoms with E-state index in [0.717, 1.165) is 18.4 Å². The van der Waals surface area contributed by atoms with E-state index in [9.17, 15) is 8.42 Å². The molecule has 1 heterocycles. The lowest BCUT2D eigenvalue weighted by molar-refractivity contribution is 0.607. The second kappa shape index (κ2) is 6.28. The minimum atomic E-state index is -3.25.